The fraction of sp³-hybridized carbons (Fsp3) is 0.300. The molecule has 1 saturated heterocycles. The van der Waals surface area contributed by atoms with Gasteiger partial charge in [-0.3, -0.25) is 14.5 Å². The Morgan fingerprint density at radius 2 is 2.10 bits per heavy atom. The Bertz CT molecular complexity index is 1030. The maximum atomic E-state index is 13.2. The van der Waals surface area contributed by atoms with Gasteiger partial charge in [-0.05, 0) is 37.6 Å². The first-order valence-corrected chi connectivity index (χ1v) is 9.86. The molecule has 1 unspecified atom stereocenters. The van der Waals surface area contributed by atoms with Gasteiger partial charge in [-0.15, -0.1) is 0 Å². The SMILES string of the molecule is O=C(NCC(=O)N(c1ncnc2[nH]ccc12)C1CCCNC1)c1ccccc1Cl. The van der Waals surface area contributed by atoms with Crippen LogP contribution in [0.2, 0.25) is 5.02 Å². The second kappa shape index (κ2) is 8.59. The topological polar surface area (TPSA) is 103 Å². The number of aromatic amines is 1. The predicted molar refractivity (Wildman–Crippen MR) is 111 cm³/mol. The van der Waals surface area contributed by atoms with Crippen molar-refractivity contribution >= 4 is 40.3 Å². The van der Waals surface area contributed by atoms with Crippen molar-refractivity contribution in [3.05, 3.63) is 53.4 Å². The summed E-state index contributed by atoms with van der Waals surface area (Å²) >= 11 is 6.08. The van der Waals surface area contributed by atoms with Crippen molar-refractivity contribution in [3.8, 4) is 0 Å². The number of piperidine rings is 1. The first-order chi connectivity index (χ1) is 14.1. The van der Waals surface area contributed by atoms with Crippen LogP contribution in [0.25, 0.3) is 11.0 Å². The molecule has 8 nitrogen and oxygen atoms in total. The Morgan fingerprint density at radius 1 is 1.24 bits per heavy atom. The normalized spacial score (nSPS) is 16.5. The molecule has 4 rings (SSSR count). The number of hydrogen-bond acceptors (Lipinski definition) is 5. The fourth-order valence-electron chi connectivity index (χ4n) is 3.58. The van der Waals surface area contributed by atoms with E-state index in [9.17, 15) is 9.59 Å². The van der Waals surface area contributed by atoms with Crippen LogP contribution < -0.4 is 15.5 Å². The summed E-state index contributed by atoms with van der Waals surface area (Å²) in [5.74, 6) is -0.0811. The average molecular weight is 413 g/mol. The van der Waals surface area contributed by atoms with E-state index in [0.29, 0.717) is 28.6 Å². The Morgan fingerprint density at radius 3 is 2.90 bits per heavy atom. The van der Waals surface area contributed by atoms with Crippen LogP contribution in [-0.2, 0) is 4.79 Å². The minimum atomic E-state index is -0.389. The molecule has 1 aliphatic rings. The van der Waals surface area contributed by atoms with Gasteiger partial charge in [-0.25, -0.2) is 9.97 Å². The van der Waals surface area contributed by atoms with Crippen LogP contribution in [0.15, 0.2) is 42.9 Å². The first kappa shape index (κ1) is 19.4. The van der Waals surface area contributed by atoms with Gasteiger partial charge in [0.1, 0.15) is 17.8 Å². The largest absolute Gasteiger partial charge is 0.346 e. The van der Waals surface area contributed by atoms with E-state index in [4.69, 9.17) is 11.6 Å². The average Bonchev–Trinajstić information content (AvgIpc) is 3.23. The zero-order chi connectivity index (χ0) is 20.2. The highest BCUT2D eigenvalue weighted by molar-refractivity contribution is 6.33. The number of carbonyl (C=O) groups excluding carboxylic acids is 2. The predicted octanol–water partition coefficient (Wildman–Crippen LogP) is 2.13. The molecule has 3 heterocycles. The maximum Gasteiger partial charge on any atom is 0.253 e. The highest BCUT2D eigenvalue weighted by Gasteiger charge is 2.29. The Labute approximate surface area is 172 Å². The van der Waals surface area contributed by atoms with Gasteiger partial charge in [0.05, 0.1) is 28.6 Å². The van der Waals surface area contributed by atoms with E-state index < -0.39 is 0 Å². The van der Waals surface area contributed by atoms with Crippen molar-refractivity contribution in [1.29, 1.82) is 0 Å². The van der Waals surface area contributed by atoms with Gasteiger partial charge < -0.3 is 15.6 Å². The zero-order valence-corrected chi connectivity index (χ0v) is 16.4. The zero-order valence-electron chi connectivity index (χ0n) is 15.7. The monoisotopic (exact) mass is 412 g/mol. The molecule has 2 amide bonds. The third-order valence-electron chi connectivity index (χ3n) is 4.98. The second-order valence-electron chi connectivity index (χ2n) is 6.86. The Balaban J connectivity index is 1.58. The molecule has 0 spiro atoms. The first-order valence-electron chi connectivity index (χ1n) is 9.48. The summed E-state index contributed by atoms with van der Waals surface area (Å²) in [5.41, 5.74) is 1.000. The number of anilines is 1. The molecule has 1 aliphatic heterocycles. The van der Waals surface area contributed by atoms with Crippen molar-refractivity contribution in [2.75, 3.05) is 24.5 Å². The van der Waals surface area contributed by atoms with Crippen molar-refractivity contribution < 1.29 is 9.59 Å². The molecule has 0 bridgehead atoms. The van der Waals surface area contributed by atoms with E-state index in [-0.39, 0.29) is 24.4 Å². The van der Waals surface area contributed by atoms with E-state index in [2.05, 4.69) is 25.6 Å². The van der Waals surface area contributed by atoms with Gasteiger partial charge in [0.15, 0.2) is 0 Å². The summed E-state index contributed by atoms with van der Waals surface area (Å²) in [4.78, 5) is 39.0. The number of rotatable bonds is 5. The van der Waals surface area contributed by atoms with Crippen molar-refractivity contribution in [3.63, 3.8) is 0 Å². The number of halogens is 1. The van der Waals surface area contributed by atoms with E-state index in [1.807, 2.05) is 6.07 Å². The minimum Gasteiger partial charge on any atom is -0.346 e. The second-order valence-corrected chi connectivity index (χ2v) is 7.27. The van der Waals surface area contributed by atoms with Crippen LogP contribution in [0.5, 0.6) is 0 Å². The summed E-state index contributed by atoms with van der Waals surface area (Å²) in [5, 5.41) is 7.13. The molecular weight excluding hydrogens is 392 g/mol. The Kier molecular flexibility index (Phi) is 5.73. The molecule has 2 aromatic heterocycles. The van der Waals surface area contributed by atoms with Crippen LogP contribution in [0.3, 0.4) is 0 Å². The van der Waals surface area contributed by atoms with Crippen molar-refractivity contribution in [1.82, 2.24) is 25.6 Å². The van der Waals surface area contributed by atoms with Gasteiger partial charge in [-0.2, -0.15) is 0 Å². The van der Waals surface area contributed by atoms with Crippen molar-refractivity contribution in [2.24, 2.45) is 0 Å². The van der Waals surface area contributed by atoms with E-state index in [1.54, 1.807) is 35.4 Å². The molecule has 1 aromatic carbocycles. The number of hydrogen-bond donors (Lipinski definition) is 3. The molecule has 29 heavy (non-hydrogen) atoms. The Hall–Kier alpha value is -2.97. The molecule has 150 valence electrons. The van der Waals surface area contributed by atoms with Gasteiger partial charge in [0.2, 0.25) is 5.91 Å². The van der Waals surface area contributed by atoms with Crippen LogP contribution >= 0.6 is 11.6 Å². The molecule has 3 aromatic rings. The number of amides is 2. The number of fused-ring (bicyclic) bond motifs is 1. The van der Waals surface area contributed by atoms with Crippen molar-refractivity contribution in [2.45, 2.75) is 18.9 Å². The summed E-state index contributed by atoms with van der Waals surface area (Å²) in [6, 6.07) is 8.54. The molecule has 3 N–H and O–H groups in total. The third-order valence-corrected chi connectivity index (χ3v) is 5.31. The molecule has 0 aliphatic carbocycles. The molecule has 1 atom stereocenters. The van der Waals surface area contributed by atoms with Gasteiger partial charge in [0, 0.05) is 12.7 Å². The highest BCUT2D eigenvalue weighted by atomic mass is 35.5. The minimum absolute atomic E-state index is 0.0542. The number of nitrogens with zero attached hydrogens (tertiary/aromatic N) is 3. The summed E-state index contributed by atoms with van der Waals surface area (Å²) in [6.07, 6.45) is 5.02. The van der Waals surface area contributed by atoms with Gasteiger partial charge >= 0.3 is 0 Å². The fourth-order valence-corrected chi connectivity index (χ4v) is 3.80. The van der Waals surface area contributed by atoms with Crippen LogP contribution in [-0.4, -0.2) is 52.4 Å². The van der Waals surface area contributed by atoms with E-state index in [1.165, 1.54) is 6.33 Å². The van der Waals surface area contributed by atoms with Crippen LogP contribution in [0.4, 0.5) is 5.82 Å². The number of carbonyl (C=O) groups is 2. The lowest BCUT2D eigenvalue weighted by Crippen LogP contribution is -2.52. The maximum absolute atomic E-state index is 13.2. The van der Waals surface area contributed by atoms with Crippen LogP contribution in [0, 0.1) is 0 Å². The smallest absolute Gasteiger partial charge is 0.253 e. The lowest BCUT2D eigenvalue weighted by atomic mass is 10.1. The van der Waals surface area contributed by atoms with Crippen LogP contribution in [0.1, 0.15) is 23.2 Å². The highest BCUT2D eigenvalue weighted by Crippen LogP contribution is 2.26. The standard InChI is InChI=1S/C20H21ClN6O2/c21-16-6-2-1-5-14(16)20(29)24-11-17(28)27(13-4-3-8-22-10-13)19-15-7-9-23-18(15)25-12-26-19/h1-2,5-7,9,12-13,22H,3-4,8,10-11H2,(H,24,29)(H,23,25,26). The molecule has 0 saturated carbocycles. The van der Waals surface area contributed by atoms with E-state index >= 15 is 0 Å². The number of H-pyrrole nitrogens is 1. The molecule has 1 fully saturated rings. The quantitative estimate of drug-likeness (QED) is 0.595. The summed E-state index contributed by atoms with van der Waals surface area (Å²) in [7, 11) is 0. The number of nitrogens with one attached hydrogen (secondary N) is 3. The van der Waals surface area contributed by atoms with Gasteiger partial charge in [-0.1, -0.05) is 23.7 Å². The molecule has 0 radical (unpaired) electrons. The third kappa shape index (κ3) is 4.08. The lowest BCUT2D eigenvalue weighted by molar-refractivity contribution is -0.118. The molecule has 9 heteroatoms. The van der Waals surface area contributed by atoms with E-state index in [0.717, 1.165) is 24.8 Å². The summed E-state index contributed by atoms with van der Waals surface area (Å²) in [6.45, 7) is 1.43. The van der Waals surface area contributed by atoms with Gasteiger partial charge in [0.25, 0.3) is 5.91 Å². The lowest BCUT2D eigenvalue weighted by Gasteiger charge is -2.34. The molecular formula is C20H21ClN6O2. The number of aromatic nitrogens is 3. The number of benzene rings is 1. The summed E-state index contributed by atoms with van der Waals surface area (Å²) < 4.78 is 0.